The summed E-state index contributed by atoms with van der Waals surface area (Å²) < 4.78 is 2.00. The van der Waals surface area contributed by atoms with Crippen molar-refractivity contribution in [2.24, 2.45) is 0 Å². The number of amides is 2. The maximum Gasteiger partial charge on any atom is 0.255 e. The van der Waals surface area contributed by atoms with Crippen molar-refractivity contribution in [3.8, 4) is 5.00 Å². The van der Waals surface area contributed by atoms with Crippen LogP contribution in [-0.4, -0.2) is 34.7 Å². The van der Waals surface area contributed by atoms with Crippen LogP contribution in [0.3, 0.4) is 0 Å². The second-order valence-corrected chi connectivity index (χ2v) is 8.22. The van der Waals surface area contributed by atoms with Gasteiger partial charge in [-0.25, -0.2) is 0 Å². The molecule has 2 aliphatic heterocycles. The second-order valence-electron chi connectivity index (χ2n) is 6.04. The van der Waals surface area contributed by atoms with Crippen LogP contribution in [0.1, 0.15) is 33.6 Å². The minimum atomic E-state index is -0.419. The number of rotatable bonds is 3. The highest BCUT2D eigenvalue weighted by atomic mass is 32.2. The second kappa shape index (κ2) is 6.64. The zero-order chi connectivity index (χ0) is 16.5. The molecule has 1 fully saturated rings. The largest absolute Gasteiger partial charge is 0.354 e. The Morgan fingerprint density at radius 3 is 2.96 bits per heavy atom. The fourth-order valence-corrected chi connectivity index (χ4v) is 5.69. The minimum absolute atomic E-state index is 0.0724. The van der Waals surface area contributed by atoms with E-state index in [1.54, 1.807) is 11.3 Å². The first-order valence-electron chi connectivity index (χ1n) is 8.18. The van der Waals surface area contributed by atoms with Gasteiger partial charge in [-0.1, -0.05) is 0 Å². The van der Waals surface area contributed by atoms with Crippen molar-refractivity contribution in [2.75, 3.05) is 12.3 Å². The first kappa shape index (κ1) is 15.8. The molecule has 0 bridgehead atoms. The first-order valence-corrected chi connectivity index (χ1v) is 10.2. The minimum Gasteiger partial charge on any atom is -0.354 e. The van der Waals surface area contributed by atoms with E-state index < -0.39 is 6.04 Å². The number of hydrogen-bond donors (Lipinski definition) is 2. The number of nitrogens with zero attached hydrogens (tertiary/aromatic N) is 1. The van der Waals surface area contributed by atoms with Gasteiger partial charge in [0.05, 0.1) is 5.56 Å². The Bertz CT molecular complexity index is 767. The molecule has 7 heteroatoms. The summed E-state index contributed by atoms with van der Waals surface area (Å²) in [7, 11) is 0. The summed E-state index contributed by atoms with van der Waals surface area (Å²) in [6, 6.07) is 3.50. The van der Waals surface area contributed by atoms with Crippen molar-refractivity contribution >= 4 is 34.9 Å². The first-order chi connectivity index (χ1) is 11.7. The van der Waals surface area contributed by atoms with Crippen LogP contribution in [0.25, 0.3) is 5.00 Å². The number of thioether (sulfide) groups is 1. The van der Waals surface area contributed by atoms with Crippen molar-refractivity contribution in [1.29, 1.82) is 0 Å². The Morgan fingerprint density at radius 1 is 1.33 bits per heavy atom. The van der Waals surface area contributed by atoms with E-state index in [0.29, 0.717) is 13.0 Å². The van der Waals surface area contributed by atoms with Gasteiger partial charge in [-0.05, 0) is 42.7 Å². The van der Waals surface area contributed by atoms with Crippen LogP contribution in [0.5, 0.6) is 0 Å². The van der Waals surface area contributed by atoms with Crippen molar-refractivity contribution in [2.45, 2.75) is 31.1 Å². The molecule has 0 radical (unpaired) electrons. The number of nitrogens with one attached hydrogen (secondary N) is 2. The summed E-state index contributed by atoms with van der Waals surface area (Å²) in [5, 5.41) is 6.75. The zero-order valence-electron chi connectivity index (χ0n) is 13.2. The van der Waals surface area contributed by atoms with Gasteiger partial charge in [0, 0.05) is 29.6 Å². The summed E-state index contributed by atoms with van der Waals surface area (Å²) >= 11 is 3.60. The molecule has 0 saturated carbocycles. The van der Waals surface area contributed by atoms with Crippen LogP contribution >= 0.6 is 23.1 Å². The van der Waals surface area contributed by atoms with E-state index in [1.165, 1.54) is 4.88 Å². The van der Waals surface area contributed by atoms with Crippen molar-refractivity contribution in [3.05, 3.63) is 40.5 Å². The molecule has 0 aliphatic carbocycles. The fraction of sp³-hybridized carbons (Fsp3) is 0.412. The maximum absolute atomic E-state index is 13.0. The smallest absolute Gasteiger partial charge is 0.255 e. The van der Waals surface area contributed by atoms with Crippen LogP contribution in [0.15, 0.2) is 24.5 Å². The number of carbonyl (C=O) groups is 2. The third-order valence-electron chi connectivity index (χ3n) is 4.46. The molecule has 2 aliphatic rings. The van der Waals surface area contributed by atoms with E-state index in [0.717, 1.165) is 40.5 Å². The van der Waals surface area contributed by atoms with E-state index in [1.807, 2.05) is 40.9 Å². The van der Waals surface area contributed by atoms with Gasteiger partial charge >= 0.3 is 0 Å². The van der Waals surface area contributed by atoms with Crippen LogP contribution in [0.2, 0.25) is 0 Å². The quantitative estimate of drug-likeness (QED) is 0.882. The number of piperidine rings is 1. The summed E-state index contributed by atoms with van der Waals surface area (Å²) in [5.41, 5.74) is 1.92. The molecule has 24 heavy (non-hydrogen) atoms. The van der Waals surface area contributed by atoms with Gasteiger partial charge in [0.2, 0.25) is 5.91 Å². The molecule has 2 N–H and O–H groups in total. The van der Waals surface area contributed by atoms with E-state index in [2.05, 4.69) is 10.6 Å². The molecule has 2 amide bonds. The van der Waals surface area contributed by atoms with Crippen molar-refractivity contribution < 1.29 is 9.59 Å². The van der Waals surface area contributed by atoms with E-state index >= 15 is 0 Å². The Labute approximate surface area is 148 Å². The molecule has 126 valence electrons. The predicted octanol–water partition coefficient (Wildman–Crippen LogP) is 2.34. The zero-order valence-corrected chi connectivity index (χ0v) is 14.8. The number of aromatic nitrogens is 1. The Balaban J connectivity index is 1.69. The van der Waals surface area contributed by atoms with Gasteiger partial charge in [0.25, 0.3) is 5.91 Å². The topological polar surface area (TPSA) is 63.1 Å². The monoisotopic (exact) mass is 361 g/mol. The average molecular weight is 361 g/mol. The van der Waals surface area contributed by atoms with E-state index in [-0.39, 0.29) is 11.8 Å². The van der Waals surface area contributed by atoms with Crippen LogP contribution in [0, 0.1) is 0 Å². The fourth-order valence-electron chi connectivity index (χ4n) is 3.24. The highest BCUT2D eigenvalue weighted by molar-refractivity contribution is 7.98. The average Bonchev–Trinajstić information content (AvgIpc) is 3.23. The standard InChI is InChI=1S/C17H19N3O2S2/c21-15-12(4-3-6-18-15)19-16(22)14-11-5-9-23-10-13(11)24-17(14)20-7-1-2-8-20/h1-2,7-8,12H,3-6,9-10H2,(H,18,21)(H,19,22)/t12-/m1/s1. The maximum atomic E-state index is 13.0. The molecule has 4 heterocycles. The van der Waals surface area contributed by atoms with Crippen molar-refractivity contribution in [1.82, 2.24) is 15.2 Å². The number of fused-ring (bicyclic) bond motifs is 1. The third kappa shape index (κ3) is 2.86. The highest BCUT2D eigenvalue weighted by Crippen LogP contribution is 2.38. The summed E-state index contributed by atoms with van der Waals surface area (Å²) in [6.07, 6.45) is 6.46. The lowest BCUT2D eigenvalue weighted by Crippen LogP contribution is -2.50. The van der Waals surface area contributed by atoms with Crippen LogP contribution in [-0.2, 0) is 17.0 Å². The molecule has 0 aromatic carbocycles. The molecule has 1 saturated heterocycles. The SMILES string of the molecule is O=C(N[C@@H]1CCCNC1=O)c1c(-n2cccc2)sc2c1CCSC2. The van der Waals surface area contributed by atoms with E-state index in [9.17, 15) is 9.59 Å². The third-order valence-corrected chi connectivity index (χ3v) is 6.87. The molecule has 2 aromatic rings. The molecule has 4 rings (SSSR count). The number of carbonyl (C=O) groups excluding carboxylic acids is 2. The summed E-state index contributed by atoms with van der Waals surface area (Å²) in [4.78, 5) is 26.3. The Kier molecular flexibility index (Phi) is 4.37. The lowest BCUT2D eigenvalue weighted by molar-refractivity contribution is -0.124. The lowest BCUT2D eigenvalue weighted by Gasteiger charge is -2.23. The van der Waals surface area contributed by atoms with Gasteiger partial charge in [0.15, 0.2) is 0 Å². The molecule has 5 nitrogen and oxygen atoms in total. The van der Waals surface area contributed by atoms with Gasteiger partial charge in [0.1, 0.15) is 11.0 Å². The predicted molar refractivity (Wildman–Crippen MR) is 97.0 cm³/mol. The Hall–Kier alpha value is -1.73. The van der Waals surface area contributed by atoms with Crippen molar-refractivity contribution in [3.63, 3.8) is 0 Å². The van der Waals surface area contributed by atoms with Gasteiger partial charge in [-0.2, -0.15) is 11.8 Å². The normalized spacial score (nSPS) is 20.3. The van der Waals surface area contributed by atoms with E-state index in [4.69, 9.17) is 0 Å². The lowest BCUT2D eigenvalue weighted by atomic mass is 10.0. The molecule has 0 unspecified atom stereocenters. The molecule has 1 atom stereocenters. The van der Waals surface area contributed by atoms with Gasteiger partial charge < -0.3 is 15.2 Å². The molecular weight excluding hydrogens is 342 g/mol. The molecule has 2 aromatic heterocycles. The number of hydrogen-bond acceptors (Lipinski definition) is 4. The summed E-state index contributed by atoms with van der Waals surface area (Å²) in [6.45, 7) is 0.699. The van der Waals surface area contributed by atoms with Gasteiger partial charge in [-0.3, -0.25) is 9.59 Å². The van der Waals surface area contributed by atoms with Gasteiger partial charge in [-0.15, -0.1) is 11.3 Å². The highest BCUT2D eigenvalue weighted by Gasteiger charge is 2.30. The van der Waals surface area contributed by atoms with Crippen LogP contribution < -0.4 is 10.6 Å². The van der Waals surface area contributed by atoms with Crippen LogP contribution in [0.4, 0.5) is 0 Å². The molecule has 0 spiro atoms. The Morgan fingerprint density at radius 2 is 2.17 bits per heavy atom. The summed E-state index contributed by atoms with van der Waals surface area (Å²) in [5.74, 6) is 1.81. The molecular formula is C17H19N3O2S2. The number of thiophene rings is 1.